The summed E-state index contributed by atoms with van der Waals surface area (Å²) in [6.45, 7) is 0. The number of halogens is 3. The Morgan fingerprint density at radius 2 is 1.67 bits per heavy atom. The molecule has 94 valence electrons. The van der Waals surface area contributed by atoms with Crippen molar-refractivity contribution in [2.75, 3.05) is 0 Å². The van der Waals surface area contributed by atoms with Crippen LogP contribution in [0.4, 0.5) is 13.2 Å². The maximum Gasteiger partial charge on any atom is 0.407 e. The number of hydrogen-bond donors (Lipinski definition) is 1. The Bertz CT molecular complexity index is 523. The van der Waals surface area contributed by atoms with Crippen molar-refractivity contribution >= 4 is 0 Å². The topological polar surface area (TPSA) is 38.9 Å². The quantitative estimate of drug-likeness (QED) is 0.890. The lowest BCUT2D eigenvalue weighted by Gasteiger charge is -2.16. The van der Waals surface area contributed by atoms with Gasteiger partial charge in [-0.05, 0) is 34.9 Å². The first-order chi connectivity index (χ1) is 8.48. The summed E-state index contributed by atoms with van der Waals surface area (Å²) in [5, 5.41) is 0. The van der Waals surface area contributed by atoms with E-state index in [2.05, 4.69) is 4.98 Å². The number of nitrogens with two attached hydrogens (primary N) is 1. The number of hydrogen-bond acceptors (Lipinski definition) is 2. The number of nitrogens with zero attached hydrogens (tertiary/aromatic N) is 1. The van der Waals surface area contributed by atoms with Gasteiger partial charge in [0.05, 0.1) is 0 Å². The van der Waals surface area contributed by atoms with Gasteiger partial charge in [0.1, 0.15) is 6.04 Å². The highest BCUT2D eigenvalue weighted by Gasteiger charge is 2.37. The summed E-state index contributed by atoms with van der Waals surface area (Å²) in [6, 6.07) is 7.64. The predicted molar refractivity (Wildman–Crippen MR) is 62.7 cm³/mol. The molecule has 2 N–H and O–H groups in total. The van der Waals surface area contributed by atoms with E-state index in [1.807, 2.05) is 0 Å². The Morgan fingerprint density at radius 1 is 1.00 bits per heavy atom. The van der Waals surface area contributed by atoms with Gasteiger partial charge in [-0.25, -0.2) is 0 Å². The monoisotopic (exact) mass is 252 g/mol. The van der Waals surface area contributed by atoms with Crippen LogP contribution in [0.1, 0.15) is 11.6 Å². The molecule has 0 amide bonds. The normalized spacial score (nSPS) is 13.3. The van der Waals surface area contributed by atoms with Crippen molar-refractivity contribution in [2.45, 2.75) is 12.2 Å². The Kier molecular flexibility index (Phi) is 3.34. The molecule has 0 unspecified atom stereocenters. The zero-order chi connectivity index (χ0) is 13.2. The van der Waals surface area contributed by atoms with Gasteiger partial charge < -0.3 is 5.73 Å². The summed E-state index contributed by atoms with van der Waals surface area (Å²) < 4.78 is 37.6. The van der Waals surface area contributed by atoms with Crippen LogP contribution >= 0.6 is 0 Å². The van der Waals surface area contributed by atoms with Gasteiger partial charge >= 0.3 is 6.18 Å². The molecule has 0 aliphatic rings. The number of pyridine rings is 1. The molecule has 0 saturated heterocycles. The van der Waals surface area contributed by atoms with E-state index >= 15 is 0 Å². The summed E-state index contributed by atoms with van der Waals surface area (Å²) in [6.07, 6.45) is -1.26. The van der Waals surface area contributed by atoms with Crippen LogP contribution in [0.3, 0.4) is 0 Å². The molecule has 0 spiro atoms. The molecule has 5 heteroatoms. The van der Waals surface area contributed by atoms with E-state index in [-0.39, 0.29) is 5.56 Å². The van der Waals surface area contributed by atoms with Crippen molar-refractivity contribution in [3.63, 3.8) is 0 Å². The number of benzene rings is 1. The summed E-state index contributed by atoms with van der Waals surface area (Å²) in [5.74, 6) is 0. The first-order valence-corrected chi connectivity index (χ1v) is 5.31. The first-order valence-electron chi connectivity index (χ1n) is 5.31. The second-order valence-corrected chi connectivity index (χ2v) is 3.88. The summed E-state index contributed by atoms with van der Waals surface area (Å²) in [7, 11) is 0. The average molecular weight is 252 g/mol. The Balaban J connectivity index is 2.37. The van der Waals surface area contributed by atoms with E-state index in [0.29, 0.717) is 5.56 Å². The van der Waals surface area contributed by atoms with Gasteiger partial charge in [0.15, 0.2) is 0 Å². The van der Waals surface area contributed by atoms with Crippen molar-refractivity contribution < 1.29 is 13.2 Å². The smallest absolute Gasteiger partial charge is 0.316 e. The Morgan fingerprint density at radius 3 is 2.28 bits per heavy atom. The summed E-state index contributed by atoms with van der Waals surface area (Å²) in [5.41, 5.74) is 6.73. The van der Waals surface area contributed by atoms with Crippen LogP contribution in [0, 0.1) is 0 Å². The van der Waals surface area contributed by atoms with Gasteiger partial charge in [0.2, 0.25) is 0 Å². The fraction of sp³-hybridized carbons (Fsp3) is 0.154. The lowest BCUT2D eigenvalue weighted by molar-refractivity contribution is -0.149. The van der Waals surface area contributed by atoms with Crippen LogP contribution in [0.2, 0.25) is 0 Å². The van der Waals surface area contributed by atoms with Crippen LogP contribution in [-0.2, 0) is 0 Å². The third kappa shape index (κ3) is 2.68. The van der Waals surface area contributed by atoms with Crippen molar-refractivity contribution in [3.8, 4) is 11.1 Å². The van der Waals surface area contributed by atoms with Crippen LogP contribution < -0.4 is 5.73 Å². The molecule has 0 aliphatic heterocycles. The lowest BCUT2D eigenvalue weighted by atomic mass is 10.0. The molecule has 1 aromatic carbocycles. The molecule has 0 aliphatic carbocycles. The van der Waals surface area contributed by atoms with Gasteiger partial charge in [-0.15, -0.1) is 0 Å². The highest BCUT2D eigenvalue weighted by Crippen LogP contribution is 2.32. The third-order valence-corrected chi connectivity index (χ3v) is 2.61. The second-order valence-electron chi connectivity index (χ2n) is 3.88. The Hall–Kier alpha value is -1.88. The van der Waals surface area contributed by atoms with E-state index in [9.17, 15) is 13.2 Å². The molecule has 1 heterocycles. The molecule has 0 saturated carbocycles. The van der Waals surface area contributed by atoms with Gasteiger partial charge in [-0.3, -0.25) is 4.98 Å². The number of aromatic nitrogens is 1. The minimum absolute atomic E-state index is 0.0526. The van der Waals surface area contributed by atoms with Crippen molar-refractivity contribution in [3.05, 3.63) is 54.4 Å². The fourth-order valence-corrected chi connectivity index (χ4v) is 1.65. The molecular weight excluding hydrogens is 241 g/mol. The molecular formula is C13H11F3N2. The van der Waals surface area contributed by atoms with E-state index in [1.54, 1.807) is 36.7 Å². The Labute approximate surface area is 102 Å². The first kappa shape index (κ1) is 12.6. The van der Waals surface area contributed by atoms with Crippen molar-refractivity contribution in [1.82, 2.24) is 4.98 Å². The molecule has 0 fully saturated rings. The molecule has 18 heavy (non-hydrogen) atoms. The molecule has 1 atom stereocenters. The van der Waals surface area contributed by atoms with E-state index < -0.39 is 12.2 Å². The molecule has 1 aromatic heterocycles. The van der Waals surface area contributed by atoms with Gasteiger partial charge in [-0.1, -0.05) is 18.2 Å². The van der Waals surface area contributed by atoms with E-state index in [4.69, 9.17) is 5.73 Å². The minimum atomic E-state index is -4.43. The second kappa shape index (κ2) is 4.78. The van der Waals surface area contributed by atoms with Crippen LogP contribution in [0.15, 0.2) is 48.8 Å². The van der Waals surface area contributed by atoms with Gasteiger partial charge in [0, 0.05) is 12.4 Å². The molecule has 0 bridgehead atoms. The third-order valence-electron chi connectivity index (χ3n) is 2.61. The molecule has 0 radical (unpaired) electrons. The summed E-state index contributed by atoms with van der Waals surface area (Å²) >= 11 is 0. The van der Waals surface area contributed by atoms with E-state index in [1.165, 1.54) is 12.1 Å². The number of alkyl halides is 3. The minimum Gasteiger partial charge on any atom is -0.316 e. The maximum atomic E-state index is 12.5. The molecule has 2 aromatic rings. The lowest BCUT2D eigenvalue weighted by Crippen LogP contribution is -2.28. The van der Waals surface area contributed by atoms with Crippen LogP contribution in [-0.4, -0.2) is 11.2 Å². The fourth-order valence-electron chi connectivity index (χ4n) is 1.65. The van der Waals surface area contributed by atoms with Crippen LogP contribution in [0.5, 0.6) is 0 Å². The molecule has 2 rings (SSSR count). The highest BCUT2D eigenvalue weighted by atomic mass is 19.4. The van der Waals surface area contributed by atoms with E-state index in [0.717, 1.165) is 5.56 Å². The number of rotatable bonds is 2. The molecule has 2 nitrogen and oxygen atoms in total. The van der Waals surface area contributed by atoms with Crippen molar-refractivity contribution in [2.24, 2.45) is 5.73 Å². The predicted octanol–water partition coefficient (Wildman–Crippen LogP) is 3.31. The maximum absolute atomic E-state index is 12.5. The van der Waals surface area contributed by atoms with Gasteiger partial charge in [0.25, 0.3) is 0 Å². The summed E-state index contributed by atoms with van der Waals surface area (Å²) in [4.78, 5) is 3.86. The zero-order valence-corrected chi connectivity index (χ0v) is 9.35. The standard InChI is InChI=1S/C13H11F3N2/c14-13(15,16)12(17)11-3-1-2-10(8-11)9-4-6-18-7-5-9/h1-8,12H,17H2/t12-/m0/s1. The zero-order valence-electron chi connectivity index (χ0n) is 9.35. The average Bonchev–Trinajstić information content (AvgIpc) is 2.38. The van der Waals surface area contributed by atoms with Crippen molar-refractivity contribution in [1.29, 1.82) is 0 Å². The van der Waals surface area contributed by atoms with Gasteiger partial charge in [-0.2, -0.15) is 13.2 Å². The SMILES string of the molecule is N[C@@H](c1cccc(-c2ccncc2)c1)C(F)(F)F. The largest absolute Gasteiger partial charge is 0.407 e. The highest BCUT2D eigenvalue weighted by molar-refractivity contribution is 5.63. The van der Waals surface area contributed by atoms with Crippen LogP contribution in [0.25, 0.3) is 11.1 Å².